The van der Waals surface area contributed by atoms with Crippen molar-refractivity contribution in [1.29, 1.82) is 0 Å². The highest BCUT2D eigenvalue weighted by atomic mass is 35.5. The number of hydrogen-bond donors (Lipinski definition) is 1. The van der Waals surface area contributed by atoms with Crippen LogP contribution in [-0.4, -0.2) is 37.2 Å². The van der Waals surface area contributed by atoms with Crippen molar-refractivity contribution in [2.45, 2.75) is 25.4 Å². The van der Waals surface area contributed by atoms with Gasteiger partial charge in [0, 0.05) is 18.5 Å². The molecule has 1 N–H and O–H groups in total. The number of nitrogens with one attached hydrogen (secondary N) is 1. The van der Waals surface area contributed by atoms with Gasteiger partial charge in [0.25, 0.3) is 5.56 Å². The van der Waals surface area contributed by atoms with Crippen LogP contribution in [-0.2, 0) is 11.3 Å². The summed E-state index contributed by atoms with van der Waals surface area (Å²) in [4.78, 5) is 24.0. The normalized spacial score (nSPS) is 17.3. The number of amides is 1. The van der Waals surface area contributed by atoms with Crippen molar-refractivity contribution >= 4 is 28.5 Å². The highest BCUT2D eigenvalue weighted by Crippen LogP contribution is 2.22. The smallest absolute Gasteiger partial charge is 0.298 e. The van der Waals surface area contributed by atoms with Crippen LogP contribution in [0.15, 0.2) is 23.0 Å². The van der Waals surface area contributed by atoms with Gasteiger partial charge >= 0.3 is 0 Å². The molecule has 1 unspecified atom stereocenters. The minimum atomic E-state index is -0.743. The van der Waals surface area contributed by atoms with Gasteiger partial charge in [-0.05, 0) is 18.6 Å². The molecule has 1 atom stereocenters. The molecule has 0 spiro atoms. The minimum Gasteiger partial charge on any atom is -0.354 e. The van der Waals surface area contributed by atoms with Crippen LogP contribution in [0, 0.1) is 11.6 Å². The Morgan fingerprint density at radius 3 is 2.63 bits per heavy atom. The number of aromatic nitrogens is 5. The zero-order valence-electron chi connectivity index (χ0n) is 13.8. The molecule has 0 saturated carbocycles. The summed E-state index contributed by atoms with van der Waals surface area (Å²) in [6.45, 7) is -0.0412. The van der Waals surface area contributed by atoms with Crippen LogP contribution in [0.5, 0.6) is 0 Å². The highest BCUT2D eigenvalue weighted by molar-refractivity contribution is 6.33. The van der Waals surface area contributed by atoms with E-state index in [0.717, 1.165) is 21.5 Å². The Balaban J connectivity index is 1.74. The molecule has 11 heteroatoms. The maximum absolute atomic E-state index is 13.9. The van der Waals surface area contributed by atoms with Gasteiger partial charge in [-0.2, -0.15) is 5.10 Å². The number of hydrogen-bond acceptors (Lipinski definition) is 5. The Hall–Kier alpha value is -2.88. The van der Waals surface area contributed by atoms with Crippen LogP contribution in [0.2, 0.25) is 5.15 Å². The first-order valence-electron chi connectivity index (χ1n) is 8.17. The molecule has 1 aliphatic heterocycles. The lowest BCUT2D eigenvalue weighted by Gasteiger charge is -2.22. The Morgan fingerprint density at radius 2 is 1.96 bits per heavy atom. The van der Waals surface area contributed by atoms with E-state index in [1.807, 2.05) is 0 Å². The second-order valence-corrected chi connectivity index (χ2v) is 6.54. The summed E-state index contributed by atoms with van der Waals surface area (Å²) in [6, 6.07) is 3.15. The standard InChI is InChI=1S/C16H13ClF2N6O2/c17-15-13-14(22-24(15)7-9-10(18)2-1-3-11(9)19)16(27)25(23-21-13)8-4-5-12(26)20-6-8/h1-3,8H,4-7H2,(H,20,26). The van der Waals surface area contributed by atoms with Crippen LogP contribution in [0.1, 0.15) is 24.4 Å². The predicted molar refractivity (Wildman–Crippen MR) is 91.3 cm³/mol. The molecular formula is C16H13ClF2N6O2. The first kappa shape index (κ1) is 17.5. The number of nitrogens with zero attached hydrogens (tertiary/aromatic N) is 5. The average molecular weight is 395 g/mol. The van der Waals surface area contributed by atoms with Gasteiger partial charge in [0.2, 0.25) is 5.91 Å². The van der Waals surface area contributed by atoms with E-state index in [-0.39, 0.29) is 53.2 Å². The Kier molecular flexibility index (Phi) is 4.34. The van der Waals surface area contributed by atoms with E-state index < -0.39 is 17.2 Å². The molecule has 8 nitrogen and oxygen atoms in total. The fraction of sp³-hybridized carbons (Fsp3) is 0.312. The van der Waals surface area contributed by atoms with Gasteiger partial charge in [0.05, 0.1) is 12.6 Å². The quantitative estimate of drug-likeness (QED) is 0.725. The lowest BCUT2D eigenvalue weighted by atomic mass is 10.1. The van der Waals surface area contributed by atoms with Gasteiger partial charge < -0.3 is 5.32 Å². The third kappa shape index (κ3) is 3.05. The molecule has 140 valence electrons. The highest BCUT2D eigenvalue weighted by Gasteiger charge is 2.25. The fourth-order valence-electron chi connectivity index (χ4n) is 3.01. The minimum absolute atomic E-state index is 0.0404. The van der Waals surface area contributed by atoms with E-state index in [2.05, 4.69) is 20.7 Å². The van der Waals surface area contributed by atoms with E-state index in [1.165, 1.54) is 6.07 Å². The SMILES string of the molecule is O=C1CCC(n2nnc3c(Cl)n(Cc4c(F)cccc4F)nc3c2=O)CN1. The van der Waals surface area contributed by atoms with Crippen LogP contribution in [0.3, 0.4) is 0 Å². The van der Waals surface area contributed by atoms with Crippen molar-refractivity contribution in [3.05, 3.63) is 50.9 Å². The number of piperidine rings is 1. The van der Waals surface area contributed by atoms with Crippen LogP contribution < -0.4 is 10.9 Å². The van der Waals surface area contributed by atoms with Gasteiger partial charge in [-0.15, -0.1) is 5.10 Å². The molecule has 1 amide bonds. The lowest BCUT2D eigenvalue weighted by molar-refractivity contribution is -0.122. The Labute approximate surface area is 155 Å². The molecule has 0 aliphatic carbocycles. The average Bonchev–Trinajstić information content (AvgIpc) is 2.97. The van der Waals surface area contributed by atoms with Crippen molar-refractivity contribution in [2.75, 3.05) is 6.54 Å². The summed E-state index contributed by atoms with van der Waals surface area (Å²) in [6.07, 6.45) is 0.722. The van der Waals surface area contributed by atoms with Gasteiger partial charge in [-0.3, -0.25) is 9.59 Å². The number of carbonyl (C=O) groups is 1. The zero-order valence-corrected chi connectivity index (χ0v) is 14.6. The van der Waals surface area contributed by atoms with Crippen LogP contribution >= 0.6 is 11.6 Å². The van der Waals surface area contributed by atoms with E-state index in [1.54, 1.807) is 0 Å². The van der Waals surface area contributed by atoms with Crippen molar-refractivity contribution < 1.29 is 13.6 Å². The maximum atomic E-state index is 13.9. The first-order valence-corrected chi connectivity index (χ1v) is 8.54. The summed E-state index contributed by atoms with van der Waals surface area (Å²) in [7, 11) is 0. The van der Waals surface area contributed by atoms with E-state index in [0.29, 0.717) is 6.42 Å². The fourth-order valence-corrected chi connectivity index (χ4v) is 3.24. The van der Waals surface area contributed by atoms with E-state index in [9.17, 15) is 18.4 Å². The molecule has 3 aromatic rings. The second-order valence-electron chi connectivity index (χ2n) is 6.18. The first-order chi connectivity index (χ1) is 13.0. The molecule has 1 fully saturated rings. The molecule has 1 saturated heterocycles. The van der Waals surface area contributed by atoms with Crippen molar-refractivity contribution in [3.63, 3.8) is 0 Å². The summed E-state index contributed by atoms with van der Waals surface area (Å²) >= 11 is 6.19. The molecule has 0 radical (unpaired) electrons. The molecule has 2 aromatic heterocycles. The maximum Gasteiger partial charge on any atom is 0.298 e. The van der Waals surface area contributed by atoms with Gasteiger partial charge in [0.15, 0.2) is 16.2 Å². The van der Waals surface area contributed by atoms with Gasteiger partial charge in [-0.1, -0.05) is 22.9 Å². The number of carbonyl (C=O) groups excluding carboxylic acids is 1. The molecule has 0 bridgehead atoms. The second kappa shape index (κ2) is 6.69. The summed E-state index contributed by atoms with van der Waals surface area (Å²) in [5.74, 6) is -1.58. The van der Waals surface area contributed by atoms with E-state index in [4.69, 9.17) is 11.6 Å². The van der Waals surface area contributed by atoms with Gasteiger partial charge in [-0.25, -0.2) is 18.1 Å². The monoisotopic (exact) mass is 394 g/mol. The third-order valence-electron chi connectivity index (χ3n) is 4.47. The van der Waals surface area contributed by atoms with Gasteiger partial charge in [0.1, 0.15) is 11.6 Å². The zero-order chi connectivity index (χ0) is 19.1. The molecule has 1 aromatic carbocycles. The molecule has 3 heterocycles. The molecule has 4 rings (SSSR count). The predicted octanol–water partition coefficient (Wildman–Crippen LogP) is 1.42. The Bertz CT molecular complexity index is 1080. The largest absolute Gasteiger partial charge is 0.354 e. The summed E-state index contributed by atoms with van der Waals surface area (Å²) in [5, 5.41) is 14.5. The van der Waals surface area contributed by atoms with E-state index >= 15 is 0 Å². The summed E-state index contributed by atoms with van der Waals surface area (Å²) < 4.78 is 30.0. The van der Waals surface area contributed by atoms with Crippen molar-refractivity contribution in [1.82, 2.24) is 30.1 Å². The summed E-state index contributed by atoms with van der Waals surface area (Å²) in [5.41, 5.74) is -0.760. The molecule has 1 aliphatic rings. The van der Waals surface area contributed by atoms with Crippen LogP contribution in [0.4, 0.5) is 8.78 Å². The lowest BCUT2D eigenvalue weighted by Crippen LogP contribution is -2.40. The molecule has 27 heavy (non-hydrogen) atoms. The number of halogens is 3. The number of rotatable bonds is 3. The molecular weight excluding hydrogens is 382 g/mol. The number of fused-ring (bicyclic) bond motifs is 1. The van der Waals surface area contributed by atoms with Crippen LogP contribution in [0.25, 0.3) is 11.0 Å². The Morgan fingerprint density at radius 1 is 1.22 bits per heavy atom. The van der Waals surface area contributed by atoms with Crippen molar-refractivity contribution in [3.8, 4) is 0 Å². The topological polar surface area (TPSA) is 94.7 Å². The van der Waals surface area contributed by atoms with Crippen molar-refractivity contribution in [2.24, 2.45) is 0 Å². The number of benzene rings is 1. The third-order valence-corrected chi connectivity index (χ3v) is 4.85.